The molecule has 44 heavy (non-hydrogen) atoms. The number of hydrogen-bond donors (Lipinski definition) is 0. The molecule has 0 bridgehead atoms. The lowest BCUT2D eigenvalue weighted by Gasteiger charge is -2.27. The van der Waals surface area contributed by atoms with Crippen molar-refractivity contribution in [3.05, 3.63) is 194 Å². The fraction of sp³-hybridized carbons (Fsp3) is 0.0952. The second kappa shape index (κ2) is 14.6. The summed E-state index contributed by atoms with van der Waals surface area (Å²) in [6, 6.07) is 67.3. The summed E-state index contributed by atoms with van der Waals surface area (Å²) in [4.78, 5) is 0. The van der Waals surface area contributed by atoms with Crippen molar-refractivity contribution in [1.29, 1.82) is 0 Å². The summed E-state index contributed by atoms with van der Waals surface area (Å²) in [6.45, 7) is 0. The molecule has 0 aromatic heterocycles. The molecule has 0 aliphatic rings. The van der Waals surface area contributed by atoms with Crippen LogP contribution in [0.25, 0.3) is 0 Å². The molecule has 0 atom stereocenters. The Bertz CT molecular complexity index is 1390. The first kappa shape index (κ1) is 30.0. The maximum Gasteiger partial charge on any atom is 0.112 e. The molecule has 6 aromatic carbocycles. The van der Waals surface area contributed by atoms with E-state index in [1.165, 1.54) is 31.8 Å². The van der Waals surface area contributed by atoms with Crippen molar-refractivity contribution in [2.45, 2.75) is 12.8 Å². The maximum atomic E-state index is 2.46. The molecule has 0 radical (unpaired) electrons. The Kier molecular flexibility index (Phi) is 9.94. The van der Waals surface area contributed by atoms with Gasteiger partial charge in [-0.25, -0.2) is 0 Å². The standard InChI is InChI=1S/C42H40P2/c1(21-35-43(37-23-9-3-10-24-37,38-25-11-4-12-26-38)39-27-13-5-14-28-39)2-22-36-44(40-29-15-6-16-30-40,41-31-17-7-18-32-41)42-33-19-8-20-34-42/h1-20,23-34H,21-22,35-36H2/q+2/b2-1-. The van der Waals surface area contributed by atoms with Gasteiger partial charge in [0, 0.05) is 12.8 Å². The van der Waals surface area contributed by atoms with Gasteiger partial charge >= 0.3 is 0 Å². The molecule has 216 valence electrons. The molecule has 0 heterocycles. The summed E-state index contributed by atoms with van der Waals surface area (Å²) in [6.07, 6.45) is 9.22. The quantitative estimate of drug-likeness (QED) is 0.0971. The molecular formula is C42H40P2+2. The van der Waals surface area contributed by atoms with Gasteiger partial charge in [-0.1, -0.05) is 121 Å². The smallest absolute Gasteiger partial charge is 0.0848 e. The molecule has 6 aromatic rings. The average molecular weight is 607 g/mol. The van der Waals surface area contributed by atoms with E-state index in [-0.39, 0.29) is 0 Å². The van der Waals surface area contributed by atoms with E-state index in [4.69, 9.17) is 0 Å². The van der Waals surface area contributed by atoms with E-state index in [1.54, 1.807) is 0 Å². The van der Waals surface area contributed by atoms with Crippen molar-refractivity contribution in [3.63, 3.8) is 0 Å². The monoisotopic (exact) mass is 606 g/mol. The predicted octanol–water partition coefficient (Wildman–Crippen LogP) is 8.31. The van der Waals surface area contributed by atoms with Gasteiger partial charge in [0.05, 0.1) is 12.3 Å². The first-order chi connectivity index (χ1) is 21.8. The van der Waals surface area contributed by atoms with Crippen LogP contribution >= 0.6 is 14.5 Å². The SMILES string of the molecule is C(=C/CC[P+](c1ccccc1)(c1ccccc1)c1ccccc1)/CC[P+](c1ccccc1)(c1ccccc1)c1ccccc1. The van der Waals surface area contributed by atoms with Gasteiger partial charge in [0.2, 0.25) is 0 Å². The normalized spacial score (nSPS) is 11.9. The molecule has 0 saturated heterocycles. The van der Waals surface area contributed by atoms with Gasteiger partial charge in [-0.05, 0) is 72.8 Å². The lowest BCUT2D eigenvalue weighted by molar-refractivity contribution is 1.16. The van der Waals surface area contributed by atoms with Gasteiger partial charge in [-0.3, -0.25) is 0 Å². The molecular weight excluding hydrogens is 566 g/mol. The van der Waals surface area contributed by atoms with Crippen LogP contribution in [0.3, 0.4) is 0 Å². The molecule has 6 rings (SSSR count). The highest BCUT2D eigenvalue weighted by Gasteiger charge is 2.45. The van der Waals surface area contributed by atoms with E-state index in [0.717, 1.165) is 25.2 Å². The minimum Gasteiger partial charge on any atom is -0.0848 e. The van der Waals surface area contributed by atoms with Crippen LogP contribution in [-0.4, -0.2) is 12.3 Å². The Balaban J connectivity index is 1.31. The minimum absolute atomic E-state index is 1.04. The number of benzene rings is 6. The second-order valence-corrected chi connectivity index (χ2v) is 18.4. The molecule has 0 amide bonds. The van der Waals surface area contributed by atoms with E-state index >= 15 is 0 Å². The average Bonchev–Trinajstić information content (AvgIpc) is 3.12. The Morgan fingerprint density at radius 1 is 0.273 bits per heavy atom. The van der Waals surface area contributed by atoms with Gasteiger partial charge in [0.1, 0.15) is 46.4 Å². The first-order valence-electron chi connectivity index (χ1n) is 15.6. The second-order valence-electron chi connectivity index (χ2n) is 11.1. The maximum absolute atomic E-state index is 2.46. The van der Waals surface area contributed by atoms with Gasteiger partial charge < -0.3 is 0 Å². The van der Waals surface area contributed by atoms with Crippen LogP contribution in [0, 0.1) is 0 Å². The van der Waals surface area contributed by atoms with Crippen LogP contribution in [0.1, 0.15) is 12.8 Å². The Morgan fingerprint density at radius 2 is 0.455 bits per heavy atom. The highest BCUT2D eigenvalue weighted by molar-refractivity contribution is 7.96. The van der Waals surface area contributed by atoms with Crippen molar-refractivity contribution in [3.8, 4) is 0 Å². The third kappa shape index (κ3) is 6.25. The third-order valence-corrected chi connectivity index (χ3v) is 17.5. The molecule has 0 aliphatic heterocycles. The zero-order valence-corrected chi connectivity index (χ0v) is 27.0. The summed E-state index contributed by atoms with van der Waals surface area (Å²) < 4.78 is 0. The topological polar surface area (TPSA) is 0 Å². The predicted molar refractivity (Wildman–Crippen MR) is 198 cm³/mol. The zero-order chi connectivity index (χ0) is 29.9. The van der Waals surface area contributed by atoms with E-state index in [0.29, 0.717) is 0 Å². The van der Waals surface area contributed by atoms with Crippen molar-refractivity contribution in [1.82, 2.24) is 0 Å². The Labute approximate surface area is 264 Å². The molecule has 2 heteroatoms. The zero-order valence-electron chi connectivity index (χ0n) is 25.2. The van der Waals surface area contributed by atoms with Gasteiger partial charge in [-0.15, -0.1) is 0 Å². The van der Waals surface area contributed by atoms with Gasteiger partial charge in [0.15, 0.2) is 0 Å². The van der Waals surface area contributed by atoms with Crippen LogP contribution in [0.4, 0.5) is 0 Å². The molecule has 0 unspecified atom stereocenters. The highest BCUT2D eigenvalue weighted by atomic mass is 31.2. The van der Waals surface area contributed by atoms with Crippen molar-refractivity contribution in [2.75, 3.05) is 12.3 Å². The lowest BCUT2D eigenvalue weighted by atomic mass is 10.3. The minimum atomic E-state index is -1.82. The van der Waals surface area contributed by atoms with Crippen molar-refractivity contribution < 1.29 is 0 Å². The summed E-state index contributed by atoms with van der Waals surface area (Å²) in [7, 11) is -3.64. The summed E-state index contributed by atoms with van der Waals surface area (Å²) in [5.41, 5.74) is 0. The number of hydrogen-bond acceptors (Lipinski definition) is 0. The van der Waals surface area contributed by atoms with Crippen LogP contribution < -0.4 is 31.8 Å². The van der Waals surface area contributed by atoms with Crippen LogP contribution in [0.15, 0.2) is 194 Å². The van der Waals surface area contributed by atoms with E-state index < -0.39 is 14.5 Å². The fourth-order valence-electron chi connectivity index (χ4n) is 6.54. The van der Waals surface area contributed by atoms with E-state index in [1.807, 2.05) is 0 Å². The van der Waals surface area contributed by atoms with Crippen molar-refractivity contribution >= 4 is 46.4 Å². The number of rotatable bonds is 12. The Morgan fingerprint density at radius 3 is 0.636 bits per heavy atom. The van der Waals surface area contributed by atoms with Crippen LogP contribution in [0.2, 0.25) is 0 Å². The van der Waals surface area contributed by atoms with Crippen molar-refractivity contribution in [2.24, 2.45) is 0 Å². The molecule has 0 spiro atoms. The summed E-state index contributed by atoms with van der Waals surface area (Å²) >= 11 is 0. The highest BCUT2D eigenvalue weighted by Crippen LogP contribution is 2.57. The largest absolute Gasteiger partial charge is 0.112 e. The third-order valence-electron chi connectivity index (χ3n) is 8.61. The number of allylic oxidation sites excluding steroid dienone is 2. The molecule has 0 aliphatic carbocycles. The fourth-order valence-corrected chi connectivity index (χ4v) is 15.0. The lowest BCUT2D eigenvalue weighted by Crippen LogP contribution is -2.33. The molecule has 0 saturated carbocycles. The Hall–Kier alpha value is -4.08. The van der Waals surface area contributed by atoms with E-state index in [2.05, 4.69) is 194 Å². The summed E-state index contributed by atoms with van der Waals surface area (Å²) in [5, 5.41) is 8.71. The summed E-state index contributed by atoms with van der Waals surface area (Å²) in [5.74, 6) is 0. The van der Waals surface area contributed by atoms with E-state index in [9.17, 15) is 0 Å². The molecule has 0 N–H and O–H groups in total. The first-order valence-corrected chi connectivity index (χ1v) is 19.5. The van der Waals surface area contributed by atoms with Gasteiger partial charge in [-0.2, -0.15) is 0 Å². The van der Waals surface area contributed by atoms with Crippen LogP contribution in [0.5, 0.6) is 0 Å². The van der Waals surface area contributed by atoms with Gasteiger partial charge in [0.25, 0.3) is 0 Å². The molecule has 0 fully saturated rings. The molecule has 0 nitrogen and oxygen atoms in total. The van der Waals surface area contributed by atoms with Crippen LogP contribution in [-0.2, 0) is 0 Å².